The quantitative estimate of drug-likeness (QED) is 0.0995. The minimum absolute atomic E-state index is 0.120. The van der Waals surface area contributed by atoms with Crippen molar-refractivity contribution in [3.8, 4) is 0 Å². The number of aromatic nitrogens is 1. The second kappa shape index (κ2) is 9.69. The first-order valence-electron chi connectivity index (χ1n) is 10.6. The fourth-order valence-corrected chi connectivity index (χ4v) is 5.00. The number of ether oxygens (including phenoxy) is 1. The molecule has 2 N–H and O–H groups in total. The number of halogens is 2. The highest BCUT2D eigenvalue weighted by Gasteiger charge is 2.51. The first-order chi connectivity index (χ1) is 15.4. The Morgan fingerprint density at radius 2 is 2.09 bits per heavy atom. The van der Waals surface area contributed by atoms with Gasteiger partial charge in [0, 0.05) is 22.2 Å². The molecule has 0 amide bonds. The first-order valence-corrected chi connectivity index (χ1v) is 12.5. The molecule has 1 aliphatic rings. The zero-order valence-electron chi connectivity index (χ0n) is 19.5. The van der Waals surface area contributed by atoms with Gasteiger partial charge in [0.25, 0.3) is 11.2 Å². The van der Waals surface area contributed by atoms with E-state index in [0.717, 1.165) is 22.8 Å². The lowest BCUT2D eigenvalue weighted by Crippen LogP contribution is -2.30. The molecule has 0 bridgehead atoms. The molecule has 1 saturated carbocycles. The molecular formula is C24H30FIN3O3S+. The summed E-state index contributed by atoms with van der Waals surface area (Å²) in [7, 11) is 1.62. The number of hydrogen-bond acceptors (Lipinski definition) is 4. The van der Waals surface area contributed by atoms with Gasteiger partial charge in [0.15, 0.2) is 17.8 Å². The van der Waals surface area contributed by atoms with Crippen molar-refractivity contribution in [3.63, 3.8) is 0 Å². The number of aliphatic hydroxyl groups excluding tert-OH is 1. The molecule has 0 radical (unpaired) electrons. The van der Waals surface area contributed by atoms with Crippen LogP contribution in [0.4, 0.5) is 21.6 Å². The van der Waals surface area contributed by atoms with E-state index < -0.39 is 11.4 Å². The number of pyridine rings is 1. The molecule has 1 aliphatic carbocycles. The van der Waals surface area contributed by atoms with Crippen molar-refractivity contribution in [2.24, 2.45) is 7.05 Å². The van der Waals surface area contributed by atoms with Crippen LogP contribution in [0.25, 0.3) is 0 Å². The molecule has 33 heavy (non-hydrogen) atoms. The van der Waals surface area contributed by atoms with Gasteiger partial charge < -0.3 is 15.2 Å². The van der Waals surface area contributed by atoms with Gasteiger partial charge in [-0.2, -0.15) is 0 Å². The fraction of sp³-hybridized carbons (Fsp3) is 0.417. The van der Waals surface area contributed by atoms with Crippen molar-refractivity contribution in [1.29, 1.82) is 0 Å². The highest BCUT2D eigenvalue weighted by Crippen LogP contribution is 2.53. The van der Waals surface area contributed by atoms with Gasteiger partial charge in [-0.1, -0.05) is 6.08 Å². The van der Waals surface area contributed by atoms with E-state index in [0.29, 0.717) is 17.1 Å². The molecule has 0 spiro atoms. The summed E-state index contributed by atoms with van der Waals surface area (Å²) >= 11 is 3.48. The number of rotatable bonds is 7. The molecule has 0 atom stereocenters. The van der Waals surface area contributed by atoms with E-state index in [4.69, 9.17) is 4.74 Å². The Kier molecular flexibility index (Phi) is 7.52. The molecule has 2 aromatic rings. The zero-order valence-corrected chi connectivity index (χ0v) is 22.5. The number of anilines is 2. The van der Waals surface area contributed by atoms with Crippen LogP contribution in [0.15, 0.2) is 41.7 Å². The maximum absolute atomic E-state index is 14.7. The van der Waals surface area contributed by atoms with Crippen molar-refractivity contribution in [2.45, 2.75) is 57.3 Å². The number of aliphatic hydroxyl groups is 1. The number of hydrogen-bond donors (Lipinski definition) is 2. The molecule has 1 heterocycles. The van der Waals surface area contributed by atoms with Gasteiger partial charge in [-0.05, 0) is 91.7 Å². The summed E-state index contributed by atoms with van der Waals surface area (Å²) in [4.78, 5) is 12.8. The highest BCUT2D eigenvalue weighted by atomic mass is 127. The van der Waals surface area contributed by atoms with Gasteiger partial charge in [-0.25, -0.2) is 4.39 Å². The average molecular weight is 586 g/mol. The third-order valence-corrected chi connectivity index (χ3v) is 7.33. The van der Waals surface area contributed by atoms with E-state index in [1.165, 1.54) is 22.6 Å². The van der Waals surface area contributed by atoms with Crippen LogP contribution >= 0.6 is 34.5 Å². The maximum atomic E-state index is 14.7. The number of allylic oxidation sites excluding steroid dienone is 1. The van der Waals surface area contributed by atoms with E-state index in [9.17, 15) is 14.3 Å². The number of benzene rings is 1. The second-order valence-corrected chi connectivity index (χ2v) is 11.9. The third-order valence-electron chi connectivity index (χ3n) is 5.16. The Labute approximate surface area is 211 Å². The van der Waals surface area contributed by atoms with Crippen LogP contribution < -0.4 is 10.9 Å². The summed E-state index contributed by atoms with van der Waals surface area (Å²) in [5.74, 6) is -0.0961. The molecule has 0 saturated heterocycles. The minimum atomic E-state index is -0.649. The average Bonchev–Trinajstić information content (AvgIpc) is 3.46. The molecule has 1 fully saturated rings. The van der Waals surface area contributed by atoms with Crippen molar-refractivity contribution in [1.82, 2.24) is 4.57 Å². The minimum Gasteiger partial charge on any atom is -0.429 e. The van der Waals surface area contributed by atoms with Gasteiger partial charge in [0.05, 0.1) is 10.4 Å². The lowest BCUT2D eigenvalue weighted by molar-refractivity contribution is -0.281. The Morgan fingerprint density at radius 1 is 1.42 bits per heavy atom. The predicted molar refractivity (Wildman–Crippen MR) is 142 cm³/mol. The topological polar surface area (TPSA) is 66.5 Å². The SMILES string of the molecule is C=CCC1(S[N+](=C(O)OC(C)(C)C)c2cc(C)c(=O)n(C)c2Nc2ccc(I)cc2F)CC1. The van der Waals surface area contributed by atoms with Gasteiger partial charge >= 0.3 is 6.08 Å². The van der Waals surface area contributed by atoms with E-state index in [1.54, 1.807) is 36.2 Å². The molecule has 1 aromatic carbocycles. The van der Waals surface area contributed by atoms with Crippen LogP contribution in [-0.2, 0) is 11.8 Å². The second-order valence-electron chi connectivity index (χ2n) is 9.23. The first kappa shape index (κ1) is 25.6. The molecule has 1 aromatic heterocycles. The molecule has 9 heteroatoms. The van der Waals surface area contributed by atoms with Gasteiger partial charge in [0.1, 0.15) is 11.4 Å². The van der Waals surface area contributed by atoms with Crippen molar-refractivity contribution in [2.75, 3.05) is 5.32 Å². The number of nitrogens with zero attached hydrogens (tertiary/aromatic N) is 2. The molecule has 3 rings (SSSR count). The standard InChI is InChI=1S/C24H29FIN3O3S/c1-7-10-24(11-12-24)33-29(22(31)32-23(3,4)5)19-13-15(2)21(30)28(6)20(19)27-18-9-8-16(26)14-17(18)25/h7-9,13-14H,1,10-12H2,2-6H3,(H,27,30)/p+1. The van der Waals surface area contributed by atoms with Crippen molar-refractivity contribution in [3.05, 3.63) is 62.2 Å². The number of aryl methyl sites for hydroxylation is 1. The van der Waals surface area contributed by atoms with Gasteiger partial charge in [-0.3, -0.25) is 9.36 Å². The van der Waals surface area contributed by atoms with E-state index in [-0.39, 0.29) is 22.1 Å². The van der Waals surface area contributed by atoms with Crippen LogP contribution in [0.3, 0.4) is 0 Å². The summed E-state index contributed by atoms with van der Waals surface area (Å²) in [5.41, 5.74) is 0.340. The molecule has 0 aliphatic heterocycles. The highest BCUT2D eigenvalue weighted by molar-refractivity contribution is 14.1. The summed E-state index contributed by atoms with van der Waals surface area (Å²) in [5, 5.41) is 14.1. The Hall–Kier alpha value is -2.01. The molecular weight excluding hydrogens is 556 g/mol. The Morgan fingerprint density at radius 3 is 2.64 bits per heavy atom. The van der Waals surface area contributed by atoms with Crippen LogP contribution in [0.1, 0.15) is 45.6 Å². The number of nitrogens with one attached hydrogen (secondary N) is 1. The van der Waals surface area contributed by atoms with Crippen LogP contribution in [-0.4, -0.2) is 30.1 Å². The van der Waals surface area contributed by atoms with Gasteiger partial charge in [0.2, 0.25) is 0 Å². The van der Waals surface area contributed by atoms with E-state index >= 15 is 0 Å². The van der Waals surface area contributed by atoms with Crippen molar-refractivity contribution < 1.29 is 18.2 Å². The maximum Gasteiger partial charge on any atom is 0.567 e. The monoisotopic (exact) mass is 586 g/mol. The summed E-state index contributed by atoms with van der Waals surface area (Å²) in [6.45, 7) is 11.1. The zero-order chi connectivity index (χ0) is 24.6. The Bertz CT molecular complexity index is 1170. The fourth-order valence-electron chi connectivity index (χ4n) is 3.33. The smallest absolute Gasteiger partial charge is 0.429 e. The molecule has 178 valence electrons. The predicted octanol–water partition coefficient (Wildman–Crippen LogP) is 6.31. The van der Waals surface area contributed by atoms with Crippen molar-refractivity contribution >= 4 is 57.8 Å². The summed E-state index contributed by atoms with van der Waals surface area (Å²) < 4.78 is 24.2. The van der Waals surface area contributed by atoms with Crippen LogP contribution in [0, 0.1) is 16.3 Å². The molecule has 6 nitrogen and oxygen atoms in total. The normalized spacial score (nSPS) is 15.6. The summed E-state index contributed by atoms with van der Waals surface area (Å²) in [6, 6.07) is 6.50. The molecule has 0 unspecified atom stereocenters. The van der Waals surface area contributed by atoms with Crippen LogP contribution in [0.2, 0.25) is 0 Å². The van der Waals surface area contributed by atoms with E-state index in [1.807, 2.05) is 49.4 Å². The largest absolute Gasteiger partial charge is 0.567 e. The van der Waals surface area contributed by atoms with Crippen LogP contribution in [0.5, 0.6) is 0 Å². The lowest BCUT2D eigenvalue weighted by Gasteiger charge is -2.20. The Balaban J connectivity index is 2.21. The van der Waals surface area contributed by atoms with Gasteiger partial charge in [-0.15, -0.1) is 6.58 Å². The lowest BCUT2D eigenvalue weighted by atomic mass is 10.2. The summed E-state index contributed by atoms with van der Waals surface area (Å²) in [6.07, 6.45) is 4.25. The van der Waals surface area contributed by atoms with E-state index in [2.05, 4.69) is 11.9 Å². The third kappa shape index (κ3) is 6.11.